The summed E-state index contributed by atoms with van der Waals surface area (Å²) in [5, 5.41) is 0.243. The van der Waals surface area contributed by atoms with E-state index >= 15 is 0 Å². The summed E-state index contributed by atoms with van der Waals surface area (Å²) in [5.41, 5.74) is 1.65. The van der Waals surface area contributed by atoms with E-state index in [9.17, 15) is 4.79 Å². The van der Waals surface area contributed by atoms with E-state index in [1.807, 2.05) is 6.92 Å². The predicted molar refractivity (Wildman–Crippen MR) is 111 cm³/mol. The van der Waals surface area contributed by atoms with Crippen molar-refractivity contribution in [2.75, 3.05) is 6.61 Å². The van der Waals surface area contributed by atoms with Crippen LogP contribution in [0.25, 0.3) is 0 Å². The summed E-state index contributed by atoms with van der Waals surface area (Å²) >= 11 is 0. The molecule has 150 valence electrons. The van der Waals surface area contributed by atoms with Gasteiger partial charge in [0.2, 0.25) is 0 Å². The van der Waals surface area contributed by atoms with Crippen LogP contribution < -0.4 is 0 Å². The van der Waals surface area contributed by atoms with E-state index in [0.29, 0.717) is 25.0 Å². The van der Waals surface area contributed by atoms with E-state index < -0.39 is 8.32 Å². The Labute approximate surface area is 162 Å². The maximum atomic E-state index is 12.0. The molecule has 2 aliphatic rings. The summed E-state index contributed by atoms with van der Waals surface area (Å²) in [6.07, 6.45) is 7.98. The number of esters is 1. The predicted octanol–water partition coefficient (Wildman–Crippen LogP) is 6.10. The zero-order valence-electron chi connectivity index (χ0n) is 18.3. The molecule has 3 nitrogen and oxygen atoms in total. The molecule has 4 atom stereocenters. The van der Waals surface area contributed by atoms with Crippen molar-refractivity contribution in [1.82, 2.24) is 0 Å². The van der Waals surface area contributed by atoms with E-state index in [1.54, 1.807) is 0 Å². The van der Waals surface area contributed by atoms with Crippen molar-refractivity contribution in [2.45, 2.75) is 97.9 Å². The summed E-state index contributed by atoms with van der Waals surface area (Å²) in [6.45, 7) is 18.6. The molecule has 0 aliphatic heterocycles. The topological polar surface area (TPSA) is 35.5 Å². The normalized spacial score (nSPS) is 30.5. The van der Waals surface area contributed by atoms with E-state index in [4.69, 9.17) is 9.16 Å². The Hall–Kier alpha value is -0.613. The van der Waals surface area contributed by atoms with Gasteiger partial charge in [0.1, 0.15) is 0 Å². The number of hydrogen-bond donors (Lipinski definition) is 0. The molecule has 26 heavy (non-hydrogen) atoms. The lowest BCUT2D eigenvalue weighted by molar-refractivity contribution is -0.143. The first-order valence-corrected chi connectivity index (χ1v) is 13.4. The number of rotatable bonds is 6. The van der Waals surface area contributed by atoms with Gasteiger partial charge in [0.25, 0.3) is 0 Å². The average molecular weight is 381 g/mol. The number of ether oxygens (including phenoxy) is 1. The zero-order chi connectivity index (χ0) is 19.8. The first kappa shape index (κ1) is 21.7. The zero-order valence-corrected chi connectivity index (χ0v) is 19.3. The van der Waals surface area contributed by atoms with Crippen molar-refractivity contribution in [2.24, 2.45) is 17.3 Å². The van der Waals surface area contributed by atoms with Crippen LogP contribution in [0, 0.1) is 17.3 Å². The molecule has 0 N–H and O–H groups in total. The van der Waals surface area contributed by atoms with Crippen LogP contribution in [0.1, 0.15) is 73.6 Å². The van der Waals surface area contributed by atoms with Crippen LogP contribution >= 0.6 is 0 Å². The minimum atomic E-state index is -1.77. The number of carbonyl (C=O) groups is 1. The Balaban J connectivity index is 2.13. The molecular weight excluding hydrogens is 340 g/mol. The Kier molecular flexibility index (Phi) is 6.49. The minimum absolute atomic E-state index is 0.0715. The van der Waals surface area contributed by atoms with Crippen molar-refractivity contribution >= 4 is 14.3 Å². The Morgan fingerprint density at radius 3 is 2.62 bits per heavy atom. The van der Waals surface area contributed by atoms with Crippen LogP contribution in [0.3, 0.4) is 0 Å². The molecule has 0 aromatic heterocycles. The van der Waals surface area contributed by atoms with Crippen molar-refractivity contribution in [1.29, 1.82) is 0 Å². The lowest BCUT2D eigenvalue weighted by Crippen LogP contribution is -2.49. The van der Waals surface area contributed by atoms with Gasteiger partial charge in [0.15, 0.2) is 8.32 Å². The molecular formula is C22H40O3Si. The molecule has 0 radical (unpaired) electrons. The SMILES string of the molecule is CCOC(=O)CC(C)C1=CC[C@H]2C(O[Si](C)(C)C(C)(C)C)CCCC12C. The van der Waals surface area contributed by atoms with Crippen LogP contribution in [-0.4, -0.2) is 27.0 Å². The van der Waals surface area contributed by atoms with E-state index in [0.717, 1.165) is 6.42 Å². The molecule has 0 amide bonds. The lowest BCUT2D eigenvalue weighted by atomic mass is 9.63. The highest BCUT2D eigenvalue weighted by Crippen LogP contribution is 2.56. The second-order valence-electron chi connectivity index (χ2n) is 10.1. The standard InChI is InChI=1S/C22H40O3Si/c1-9-24-20(23)15-16(2)17-12-13-18-19(11-10-14-22(17,18)6)25-26(7,8)21(3,4)5/h12,16,18-19H,9-11,13-15H2,1-8H3/t16?,18-,19?,22?/m0/s1. The molecule has 3 unspecified atom stereocenters. The van der Waals surface area contributed by atoms with Gasteiger partial charge in [0.05, 0.1) is 13.0 Å². The summed E-state index contributed by atoms with van der Waals surface area (Å²) in [6, 6.07) is 0. The highest BCUT2D eigenvalue weighted by Gasteiger charge is 2.51. The Bertz CT molecular complexity index is 546. The fourth-order valence-electron chi connectivity index (χ4n) is 4.76. The molecule has 4 heteroatoms. The molecule has 2 rings (SSSR count). The van der Waals surface area contributed by atoms with Gasteiger partial charge in [-0.05, 0) is 61.6 Å². The molecule has 2 aliphatic carbocycles. The van der Waals surface area contributed by atoms with Crippen molar-refractivity contribution in [3.8, 4) is 0 Å². The van der Waals surface area contributed by atoms with Gasteiger partial charge in [-0.3, -0.25) is 4.79 Å². The average Bonchev–Trinajstić information content (AvgIpc) is 2.84. The monoisotopic (exact) mass is 380 g/mol. The number of fused-ring (bicyclic) bond motifs is 1. The first-order chi connectivity index (χ1) is 11.9. The van der Waals surface area contributed by atoms with Gasteiger partial charge in [-0.2, -0.15) is 0 Å². The van der Waals surface area contributed by atoms with E-state index in [1.165, 1.54) is 24.8 Å². The van der Waals surface area contributed by atoms with Crippen molar-refractivity contribution in [3.05, 3.63) is 11.6 Å². The second-order valence-corrected chi connectivity index (χ2v) is 14.9. The Morgan fingerprint density at radius 1 is 1.38 bits per heavy atom. The molecule has 1 fully saturated rings. The van der Waals surface area contributed by atoms with Crippen LogP contribution in [-0.2, 0) is 14.0 Å². The van der Waals surface area contributed by atoms with Crippen LogP contribution in [0.15, 0.2) is 11.6 Å². The van der Waals surface area contributed by atoms with Gasteiger partial charge in [0, 0.05) is 6.10 Å². The van der Waals surface area contributed by atoms with Crippen LogP contribution in [0.5, 0.6) is 0 Å². The second kappa shape index (κ2) is 7.79. The molecule has 0 bridgehead atoms. The van der Waals surface area contributed by atoms with Crippen molar-refractivity contribution < 1.29 is 14.0 Å². The summed E-state index contributed by atoms with van der Waals surface area (Å²) < 4.78 is 12.1. The van der Waals surface area contributed by atoms with E-state index in [-0.39, 0.29) is 22.3 Å². The van der Waals surface area contributed by atoms with Crippen molar-refractivity contribution in [3.63, 3.8) is 0 Å². The smallest absolute Gasteiger partial charge is 0.306 e. The molecule has 1 saturated carbocycles. The maximum absolute atomic E-state index is 12.0. The highest BCUT2D eigenvalue weighted by molar-refractivity contribution is 6.74. The molecule has 0 spiro atoms. The van der Waals surface area contributed by atoms with Crippen LogP contribution in [0.4, 0.5) is 0 Å². The third-order valence-electron chi connectivity index (χ3n) is 7.26. The van der Waals surface area contributed by atoms with E-state index in [2.05, 4.69) is 53.8 Å². The lowest BCUT2D eigenvalue weighted by Gasteiger charge is -2.49. The third-order valence-corrected chi connectivity index (χ3v) is 11.8. The van der Waals surface area contributed by atoms with Gasteiger partial charge in [-0.25, -0.2) is 0 Å². The van der Waals surface area contributed by atoms with Gasteiger partial charge < -0.3 is 9.16 Å². The molecule has 0 aromatic carbocycles. The Morgan fingerprint density at radius 2 is 2.04 bits per heavy atom. The number of carbonyl (C=O) groups excluding carboxylic acids is 1. The minimum Gasteiger partial charge on any atom is -0.466 e. The number of hydrogen-bond acceptors (Lipinski definition) is 3. The molecule has 0 aromatic rings. The maximum Gasteiger partial charge on any atom is 0.306 e. The van der Waals surface area contributed by atoms with Gasteiger partial charge in [-0.15, -0.1) is 0 Å². The summed E-state index contributed by atoms with van der Waals surface area (Å²) in [5.74, 6) is 0.749. The quantitative estimate of drug-likeness (QED) is 0.317. The third kappa shape index (κ3) is 4.27. The summed E-state index contributed by atoms with van der Waals surface area (Å²) in [4.78, 5) is 12.0. The van der Waals surface area contributed by atoms with Gasteiger partial charge >= 0.3 is 5.97 Å². The summed E-state index contributed by atoms with van der Waals surface area (Å²) in [7, 11) is -1.77. The molecule has 0 heterocycles. The largest absolute Gasteiger partial charge is 0.466 e. The van der Waals surface area contributed by atoms with Gasteiger partial charge in [-0.1, -0.05) is 52.7 Å². The number of allylic oxidation sites excluding steroid dienone is 2. The highest BCUT2D eigenvalue weighted by atomic mass is 28.4. The molecule has 0 saturated heterocycles. The van der Waals surface area contributed by atoms with Crippen LogP contribution in [0.2, 0.25) is 18.1 Å². The fraction of sp³-hybridized carbons (Fsp3) is 0.864. The fourth-order valence-corrected chi connectivity index (χ4v) is 6.16. The first-order valence-electron chi connectivity index (χ1n) is 10.5.